The first-order chi connectivity index (χ1) is 7.68. The third kappa shape index (κ3) is 2.64. The number of halogens is 2. The van der Waals surface area contributed by atoms with E-state index in [9.17, 15) is 9.50 Å². The Morgan fingerprint density at radius 3 is 2.56 bits per heavy atom. The van der Waals surface area contributed by atoms with Crippen LogP contribution in [0.4, 0.5) is 4.39 Å². The van der Waals surface area contributed by atoms with Crippen LogP contribution in [-0.2, 0) is 0 Å². The average molecular weight is 287 g/mol. The maximum Gasteiger partial charge on any atom is 0.130 e. The monoisotopic (exact) mass is 286 g/mol. The highest BCUT2D eigenvalue weighted by Gasteiger charge is 2.25. The maximum absolute atomic E-state index is 13.7. The van der Waals surface area contributed by atoms with Gasteiger partial charge in [0.1, 0.15) is 5.82 Å². The molecule has 88 valence electrons. The fourth-order valence-corrected chi connectivity index (χ4v) is 2.78. The van der Waals surface area contributed by atoms with E-state index in [2.05, 4.69) is 15.9 Å². The lowest BCUT2D eigenvalue weighted by molar-refractivity contribution is 0.0816. The van der Waals surface area contributed by atoms with E-state index >= 15 is 0 Å². The van der Waals surface area contributed by atoms with Gasteiger partial charge in [0, 0.05) is 10.0 Å². The number of rotatable bonds is 2. The Bertz CT molecular complexity index is 361. The summed E-state index contributed by atoms with van der Waals surface area (Å²) in [7, 11) is 0. The first-order valence-corrected chi connectivity index (χ1v) is 6.61. The topological polar surface area (TPSA) is 20.2 Å². The molecule has 0 bridgehead atoms. The summed E-state index contributed by atoms with van der Waals surface area (Å²) >= 11 is 3.22. The van der Waals surface area contributed by atoms with Crippen LogP contribution in [0, 0.1) is 11.7 Å². The normalized spacial score (nSPS) is 19.7. The summed E-state index contributed by atoms with van der Waals surface area (Å²) in [6, 6.07) is 4.88. The molecule has 1 aliphatic carbocycles. The van der Waals surface area contributed by atoms with Crippen molar-refractivity contribution in [2.24, 2.45) is 5.92 Å². The van der Waals surface area contributed by atoms with Gasteiger partial charge in [-0.2, -0.15) is 0 Å². The lowest BCUT2D eigenvalue weighted by Crippen LogP contribution is -2.17. The van der Waals surface area contributed by atoms with E-state index < -0.39 is 6.10 Å². The van der Waals surface area contributed by atoms with Gasteiger partial charge in [0.15, 0.2) is 0 Å². The molecule has 1 fully saturated rings. The highest BCUT2D eigenvalue weighted by molar-refractivity contribution is 9.10. The van der Waals surface area contributed by atoms with Crippen LogP contribution >= 0.6 is 15.9 Å². The maximum atomic E-state index is 13.7. The molecule has 0 amide bonds. The van der Waals surface area contributed by atoms with Gasteiger partial charge in [-0.15, -0.1) is 0 Å². The molecule has 0 radical (unpaired) electrons. The molecule has 3 heteroatoms. The van der Waals surface area contributed by atoms with Crippen molar-refractivity contribution in [1.29, 1.82) is 0 Å². The summed E-state index contributed by atoms with van der Waals surface area (Å²) in [6.07, 6.45) is 4.92. The Hall–Kier alpha value is -0.410. The Morgan fingerprint density at radius 2 is 1.94 bits per heavy atom. The molecular weight excluding hydrogens is 271 g/mol. The minimum atomic E-state index is -0.645. The number of benzene rings is 1. The van der Waals surface area contributed by atoms with Gasteiger partial charge in [0.05, 0.1) is 6.10 Å². The first kappa shape index (κ1) is 12.1. The molecule has 0 aromatic heterocycles. The quantitative estimate of drug-likeness (QED) is 0.864. The van der Waals surface area contributed by atoms with Gasteiger partial charge in [-0.1, -0.05) is 41.3 Å². The van der Waals surface area contributed by atoms with Gasteiger partial charge in [-0.05, 0) is 30.9 Å². The van der Waals surface area contributed by atoms with Crippen molar-refractivity contribution >= 4 is 15.9 Å². The molecule has 1 aliphatic rings. The molecule has 16 heavy (non-hydrogen) atoms. The minimum absolute atomic E-state index is 0.226. The summed E-state index contributed by atoms with van der Waals surface area (Å²) in [5, 5.41) is 10.2. The Labute approximate surface area is 104 Å². The standard InChI is InChI=1S/C13H16BrFO/c14-10-6-7-11(12(15)8-10)13(16)9-4-2-1-3-5-9/h6-9,13,16H,1-5H2/t13-/m0/s1. The number of aliphatic hydroxyl groups excluding tert-OH is 1. The SMILES string of the molecule is O[C@H](c1ccc(Br)cc1F)C1CCCCC1. The molecular formula is C13H16BrFO. The van der Waals surface area contributed by atoms with Crippen molar-refractivity contribution in [2.45, 2.75) is 38.2 Å². The van der Waals surface area contributed by atoms with Crippen LogP contribution in [0.2, 0.25) is 0 Å². The molecule has 0 saturated heterocycles. The molecule has 1 nitrogen and oxygen atoms in total. The van der Waals surface area contributed by atoms with Crippen LogP contribution in [0.15, 0.2) is 22.7 Å². The van der Waals surface area contributed by atoms with E-state index in [4.69, 9.17) is 0 Å². The van der Waals surface area contributed by atoms with Crippen LogP contribution in [0.25, 0.3) is 0 Å². The lowest BCUT2D eigenvalue weighted by atomic mass is 9.82. The van der Waals surface area contributed by atoms with Crippen LogP contribution in [-0.4, -0.2) is 5.11 Å². The van der Waals surface area contributed by atoms with Crippen molar-refractivity contribution < 1.29 is 9.50 Å². The van der Waals surface area contributed by atoms with Gasteiger partial charge in [0.25, 0.3) is 0 Å². The van der Waals surface area contributed by atoms with Crippen LogP contribution in [0.3, 0.4) is 0 Å². The first-order valence-electron chi connectivity index (χ1n) is 5.81. The van der Waals surface area contributed by atoms with Crippen LogP contribution in [0.5, 0.6) is 0 Å². The number of hydrogen-bond donors (Lipinski definition) is 1. The van der Waals surface area contributed by atoms with E-state index in [0.29, 0.717) is 10.0 Å². The third-order valence-corrected chi connectivity index (χ3v) is 3.87. The fourth-order valence-electron chi connectivity index (χ4n) is 2.45. The molecule has 0 aliphatic heterocycles. The van der Waals surface area contributed by atoms with Gasteiger partial charge in [-0.25, -0.2) is 4.39 Å². The summed E-state index contributed by atoms with van der Waals surface area (Å²) in [5.41, 5.74) is 0.440. The van der Waals surface area contributed by atoms with Crippen LogP contribution in [0.1, 0.15) is 43.8 Å². The summed E-state index contributed by atoms with van der Waals surface area (Å²) in [4.78, 5) is 0. The molecule has 1 saturated carbocycles. The molecule has 1 aromatic rings. The Balaban J connectivity index is 2.15. The van der Waals surface area contributed by atoms with E-state index in [1.807, 2.05) is 0 Å². The second-order valence-corrected chi connectivity index (χ2v) is 5.42. The zero-order chi connectivity index (χ0) is 11.5. The molecule has 0 spiro atoms. The Kier molecular flexibility index (Phi) is 3.98. The number of aliphatic hydroxyl groups is 1. The Morgan fingerprint density at radius 1 is 1.25 bits per heavy atom. The van der Waals surface area contributed by atoms with Crippen molar-refractivity contribution in [3.05, 3.63) is 34.1 Å². The highest BCUT2D eigenvalue weighted by atomic mass is 79.9. The summed E-state index contributed by atoms with van der Waals surface area (Å²) in [5.74, 6) is -0.0862. The second kappa shape index (κ2) is 5.28. The predicted molar refractivity (Wildman–Crippen MR) is 65.6 cm³/mol. The van der Waals surface area contributed by atoms with Crippen molar-refractivity contribution in [3.63, 3.8) is 0 Å². The van der Waals surface area contributed by atoms with Crippen molar-refractivity contribution in [2.75, 3.05) is 0 Å². The zero-order valence-electron chi connectivity index (χ0n) is 9.13. The van der Waals surface area contributed by atoms with Crippen LogP contribution < -0.4 is 0 Å². The summed E-state index contributed by atoms with van der Waals surface area (Å²) < 4.78 is 14.4. The van der Waals surface area contributed by atoms with Crippen molar-refractivity contribution in [1.82, 2.24) is 0 Å². The highest BCUT2D eigenvalue weighted by Crippen LogP contribution is 2.35. The minimum Gasteiger partial charge on any atom is -0.388 e. The third-order valence-electron chi connectivity index (χ3n) is 3.38. The van der Waals surface area contributed by atoms with E-state index in [1.54, 1.807) is 12.1 Å². The lowest BCUT2D eigenvalue weighted by Gasteiger charge is -2.27. The summed E-state index contributed by atoms with van der Waals surface area (Å²) in [6.45, 7) is 0. The molecule has 1 aromatic carbocycles. The smallest absolute Gasteiger partial charge is 0.130 e. The van der Waals surface area contributed by atoms with Crippen molar-refractivity contribution in [3.8, 4) is 0 Å². The van der Waals surface area contributed by atoms with Gasteiger partial charge in [0.2, 0.25) is 0 Å². The predicted octanol–water partition coefficient (Wildman–Crippen LogP) is 4.20. The fraction of sp³-hybridized carbons (Fsp3) is 0.538. The van der Waals surface area contributed by atoms with Gasteiger partial charge >= 0.3 is 0 Å². The van der Waals surface area contributed by atoms with E-state index in [-0.39, 0.29) is 11.7 Å². The van der Waals surface area contributed by atoms with E-state index in [0.717, 1.165) is 25.7 Å². The molecule has 1 N–H and O–H groups in total. The zero-order valence-corrected chi connectivity index (χ0v) is 10.7. The molecule has 2 rings (SSSR count). The van der Waals surface area contributed by atoms with E-state index in [1.165, 1.54) is 12.5 Å². The number of hydrogen-bond acceptors (Lipinski definition) is 1. The molecule has 1 atom stereocenters. The molecule has 0 heterocycles. The van der Waals surface area contributed by atoms with Gasteiger partial charge in [-0.3, -0.25) is 0 Å². The average Bonchev–Trinajstić information content (AvgIpc) is 2.29. The van der Waals surface area contributed by atoms with Gasteiger partial charge < -0.3 is 5.11 Å². The second-order valence-electron chi connectivity index (χ2n) is 4.51. The largest absolute Gasteiger partial charge is 0.388 e. The molecule has 0 unspecified atom stereocenters.